The van der Waals surface area contributed by atoms with Gasteiger partial charge < -0.3 is 9.84 Å². The Morgan fingerprint density at radius 2 is 1.84 bits per heavy atom. The summed E-state index contributed by atoms with van der Waals surface area (Å²) >= 11 is 1.08. The van der Waals surface area contributed by atoms with Gasteiger partial charge in [-0.3, -0.25) is 4.72 Å². The lowest BCUT2D eigenvalue weighted by atomic mass is 9.84. The van der Waals surface area contributed by atoms with Crippen molar-refractivity contribution in [2.75, 3.05) is 11.8 Å². The molecule has 1 fully saturated rings. The van der Waals surface area contributed by atoms with Crippen molar-refractivity contribution in [3.8, 4) is 16.3 Å². The van der Waals surface area contributed by atoms with Crippen LogP contribution in [0.2, 0.25) is 0 Å². The summed E-state index contributed by atoms with van der Waals surface area (Å²) in [4.78, 5) is 15.4. The number of carboxylic acids is 1. The Labute approximate surface area is 191 Å². The summed E-state index contributed by atoms with van der Waals surface area (Å²) in [7, 11) is -2.57. The number of nitrogens with one attached hydrogen (secondary N) is 1. The van der Waals surface area contributed by atoms with Gasteiger partial charge in [0.2, 0.25) is 0 Å². The molecule has 0 radical (unpaired) electrons. The van der Waals surface area contributed by atoms with Gasteiger partial charge in [0.15, 0.2) is 4.21 Å². The number of anilines is 1. The van der Waals surface area contributed by atoms with Gasteiger partial charge >= 0.3 is 5.97 Å². The Morgan fingerprint density at radius 1 is 1.12 bits per heavy atom. The molecule has 0 aliphatic heterocycles. The molecule has 4 rings (SSSR count). The fraction of sp³-hybridized carbons (Fsp3) is 0.304. The van der Waals surface area contributed by atoms with E-state index in [1.807, 2.05) is 12.1 Å². The van der Waals surface area contributed by atoms with Crippen LogP contribution in [0, 0.1) is 0 Å². The molecule has 0 spiro atoms. The molecule has 0 atom stereocenters. The van der Waals surface area contributed by atoms with Gasteiger partial charge in [-0.2, -0.15) is 0 Å². The van der Waals surface area contributed by atoms with Crippen molar-refractivity contribution in [3.63, 3.8) is 0 Å². The minimum Gasteiger partial charge on any atom is -0.495 e. The molecule has 1 saturated carbocycles. The van der Waals surface area contributed by atoms with Crippen molar-refractivity contribution in [1.82, 2.24) is 4.98 Å². The number of rotatable bonds is 7. The molecule has 1 aliphatic rings. The molecular formula is C23H24N2O5S2. The van der Waals surface area contributed by atoms with E-state index >= 15 is 0 Å². The molecule has 2 aromatic carbocycles. The molecule has 32 heavy (non-hydrogen) atoms. The first-order chi connectivity index (χ1) is 15.4. The second kappa shape index (κ2) is 9.30. The third-order valence-corrected chi connectivity index (χ3v) is 8.55. The second-order valence-electron chi connectivity index (χ2n) is 7.77. The van der Waals surface area contributed by atoms with Gasteiger partial charge in [-0.25, -0.2) is 18.2 Å². The van der Waals surface area contributed by atoms with E-state index in [0.717, 1.165) is 16.9 Å². The van der Waals surface area contributed by atoms with E-state index < -0.39 is 16.0 Å². The van der Waals surface area contributed by atoms with Crippen LogP contribution in [0.5, 0.6) is 5.75 Å². The maximum atomic E-state index is 12.9. The number of aromatic nitrogens is 1. The van der Waals surface area contributed by atoms with Crippen molar-refractivity contribution in [1.29, 1.82) is 0 Å². The van der Waals surface area contributed by atoms with Crippen LogP contribution in [0.4, 0.5) is 5.69 Å². The van der Waals surface area contributed by atoms with Crippen LogP contribution in [0.25, 0.3) is 10.6 Å². The van der Waals surface area contributed by atoms with Gasteiger partial charge in [-0.1, -0.05) is 43.5 Å². The second-order valence-corrected chi connectivity index (χ2v) is 10.7. The van der Waals surface area contributed by atoms with Gasteiger partial charge in [0.25, 0.3) is 10.0 Å². The molecule has 9 heteroatoms. The molecule has 0 amide bonds. The smallest absolute Gasteiger partial charge is 0.335 e. The molecule has 1 heterocycles. The molecule has 1 aromatic heterocycles. The van der Waals surface area contributed by atoms with E-state index in [0.29, 0.717) is 10.9 Å². The average molecular weight is 473 g/mol. The van der Waals surface area contributed by atoms with Crippen LogP contribution in [-0.4, -0.2) is 31.6 Å². The Kier molecular flexibility index (Phi) is 6.48. The number of hydrogen-bond donors (Lipinski definition) is 2. The van der Waals surface area contributed by atoms with Crippen LogP contribution in [-0.2, 0) is 10.0 Å². The number of hydrogen-bond acceptors (Lipinski definition) is 6. The normalized spacial score (nSPS) is 14.8. The monoisotopic (exact) mass is 472 g/mol. The Morgan fingerprint density at radius 3 is 2.50 bits per heavy atom. The predicted octanol–water partition coefficient (Wildman–Crippen LogP) is 5.37. The summed E-state index contributed by atoms with van der Waals surface area (Å²) in [5, 5.41) is 9.73. The van der Waals surface area contributed by atoms with Crippen molar-refractivity contribution in [2.45, 2.75) is 42.2 Å². The first-order valence-corrected chi connectivity index (χ1v) is 12.7. The highest BCUT2D eigenvalue weighted by atomic mass is 32.2. The predicted molar refractivity (Wildman–Crippen MR) is 124 cm³/mol. The molecule has 0 saturated heterocycles. The Hall–Kier alpha value is -2.91. The molecule has 1 aliphatic carbocycles. The lowest BCUT2D eigenvalue weighted by Crippen LogP contribution is -2.12. The van der Waals surface area contributed by atoms with Gasteiger partial charge in [-0.05, 0) is 42.5 Å². The summed E-state index contributed by atoms with van der Waals surface area (Å²) in [6.07, 6.45) is 7.64. The molecule has 0 bridgehead atoms. The summed E-state index contributed by atoms with van der Waals surface area (Å²) in [6.45, 7) is 0. The number of ether oxygens (including phenoxy) is 1. The molecule has 7 nitrogen and oxygen atoms in total. The minimum atomic E-state index is -3.91. The Balaban J connectivity index is 1.53. The van der Waals surface area contributed by atoms with Gasteiger partial charge in [0, 0.05) is 5.56 Å². The number of methoxy groups -OCH3 is 1. The molecule has 2 N–H and O–H groups in total. The average Bonchev–Trinajstić information content (AvgIpc) is 3.31. The van der Waals surface area contributed by atoms with E-state index in [2.05, 4.69) is 21.8 Å². The lowest BCUT2D eigenvalue weighted by molar-refractivity contribution is 0.0696. The van der Waals surface area contributed by atoms with E-state index in [9.17, 15) is 13.2 Å². The number of benzene rings is 2. The maximum absolute atomic E-state index is 12.9. The van der Waals surface area contributed by atoms with E-state index in [-0.39, 0.29) is 21.2 Å². The van der Waals surface area contributed by atoms with Gasteiger partial charge in [0.05, 0.1) is 24.6 Å². The van der Waals surface area contributed by atoms with Crippen molar-refractivity contribution >= 4 is 33.0 Å². The van der Waals surface area contributed by atoms with Crippen LogP contribution >= 0.6 is 11.3 Å². The number of thiazole rings is 1. The molecular weight excluding hydrogens is 448 g/mol. The van der Waals surface area contributed by atoms with Crippen molar-refractivity contribution < 1.29 is 23.1 Å². The van der Waals surface area contributed by atoms with E-state index in [1.54, 1.807) is 0 Å². The van der Waals surface area contributed by atoms with E-state index in [4.69, 9.17) is 9.84 Å². The highest BCUT2D eigenvalue weighted by Gasteiger charge is 2.22. The zero-order chi connectivity index (χ0) is 22.7. The topological polar surface area (TPSA) is 106 Å². The fourth-order valence-electron chi connectivity index (χ4n) is 3.95. The van der Waals surface area contributed by atoms with Crippen LogP contribution < -0.4 is 9.46 Å². The maximum Gasteiger partial charge on any atom is 0.335 e. The minimum absolute atomic E-state index is 0.00143. The van der Waals surface area contributed by atoms with Crippen molar-refractivity contribution in [2.24, 2.45) is 0 Å². The van der Waals surface area contributed by atoms with Crippen molar-refractivity contribution in [3.05, 3.63) is 59.8 Å². The number of carboxylic acid groups (broad SMARTS) is 1. The quantitative estimate of drug-likeness (QED) is 0.479. The standard InChI is InChI=1S/C23H24N2O5S2/c1-30-20-13-18(23(26)27)11-12-19(20)25-32(28,29)21-14-24-22(31-21)17-9-7-16(8-10-17)15-5-3-2-4-6-15/h7-15,25H,2-6H2,1H3,(H,26,27). The summed E-state index contributed by atoms with van der Waals surface area (Å²) in [6, 6.07) is 12.2. The third kappa shape index (κ3) is 4.78. The Bertz CT molecular complexity index is 1210. The molecule has 168 valence electrons. The number of carbonyl (C=O) groups is 1. The SMILES string of the molecule is COc1cc(C(=O)O)ccc1NS(=O)(=O)c1cnc(-c2ccc(C3CCCCC3)cc2)s1. The molecule has 0 unspecified atom stereocenters. The zero-order valence-electron chi connectivity index (χ0n) is 17.6. The first kappa shape index (κ1) is 22.3. The highest BCUT2D eigenvalue weighted by Crippen LogP contribution is 2.35. The highest BCUT2D eigenvalue weighted by molar-refractivity contribution is 7.94. The summed E-state index contributed by atoms with van der Waals surface area (Å²) in [5.41, 5.74) is 2.36. The number of aromatic carboxylic acids is 1. The number of sulfonamides is 1. The van der Waals surface area contributed by atoms with Crippen LogP contribution in [0.1, 0.15) is 53.9 Å². The third-order valence-electron chi connectivity index (χ3n) is 5.68. The summed E-state index contributed by atoms with van der Waals surface area (Å²) in [5.74, 6) is -0.396. The van der Waals surface area contributed by atoms with Gasteiger partial charge in [-0.15, -0.1) is 11.3 Å². The van der Waals surface area contributed by atoms with Crippen LogP contribution in [0.15, 0.2) is 52.9 Å². The number of nitrogens with zero attached hydrogens (tertiary/aromatic N) is 1. The molecule has 3 aromatic rings. The summed E-state index contributed by atoms with van der Waals surface area (Å²) < 4.78 is 33.4. The first-order valence-electron chi connectivity index (χ1n) is 10.4. The largest absolute Gasteiger partial charge is 0.495 e. The zero-order valence-corrected chi connectivity index (χ0v) is 19.2. The van der Waals surface area contributed by atoms with E-state index in [1.165, 1.54) is 69.2 Å². The fourth-order valence-corrected chi connectivity index (χ4v) is 6.16. The van der Waals surface area contributed by atoms with Crippen LogP contribution in [0.3, 0.4) is 0 Å². The lowest BCUT2D eigenvalue weighted by Gasteiger charge is -2.21. The van der Waals surface area contributed by atoms with Gasteiger partial charge in [0.1, 0.15) is 10.8 Å².